The maximum absolute atomic E-state index is 12.6. The summed E-state index contributed by atoms with van der Waals surface area (Å²) in [5.41, 5.74) is 0. The van der Waals surface area contributed by atoms with E-state index in [1.807, 2.05) is 19.9 Å². The van der Waals surface area contributed by atoms with Gasteiger partial charge in [-0.1, -0.05) is 26.5 Å². The van der Waals surface area contributed by atoms with Crippen LogP contribution in [0.4, 0.5) is 4.39 Å². The van der Waals surface area contributed by atoms with Crippen molar-refractivity contribution in [2.24, 2.45) is 5.92 Å². The lowest BCUT2D eigenvalue weighted by Gasteiger charge is -1.93. The first-order chi connectivity index (χ1) is 5.07. The molecule has 0 N–H and O–H groups in total. The monoisotopic (exact) mass is 218 g/mol. The van der Waals surface area contributed by atoms with Crippen molar-refractivity contribution in [3.8, 4) is 0 Å². The molecule has 0 rings (SSSR count). The fraction of sp³-hybridized carbons (Fsp3) is 0.333. The molecule has 0 aliphatic rings. The van der Waals surface area contributed by atoms with Crippen LogP contribution in [-0.2, 0) is 0 Å². The molecule has 0 aromatic carbocycles. The minimum atomic E-state index is -0.332. The van der Waals surface area contributed by atoms with Crippen LogP contribution in [0.1, 0.15) is 13.8 Å². The van der Waals surface area contributed by atoms with Gasteiger partial charge in [0.05, 0.1) is 4.48 Å². The molecule has 0 aromatic heterocycles. The lowest BCUT2D eigenvalue weighted by Crippen LogP contribution is -1.77. The van der Waals surface area contributed by atoms with Gasteiger partial charge < -0.3 is 0 Å². The average Bonchev–Trinajstić information content (AvgIpc) is 1.98. The topological polar surface area (TPSA) is 0 Å². The Labute approximate surface area is 75.6 Å². The third-order valence-corrected chi connectivity index (χ3v) is 1.68. The summed E-state index contributed by atoms with van der Waals surface area (Å²) in [6.45, 7) is 7.37. The molecule has 62 valence electrons. The van der Waals surface area contributed by atoms with Crippen LogP contribution in [0, 0.1) is 5.92 Å². The summed E-state index contributed by atoms with van der Waals surface area (Å²) in [6, 6.07) is 0. The van der Waals surface area contributed by atoms with Crippen LogP contribution < -0.4 is 0 Å². The van der Waals surface area contributed by atoms with Gasteiger partial charge in [-0.05, 0) is 34.0 Å². The second kappa shape index (κ2) is 5.30. The molecule has 0 aliphatic heterocycles. The molecule has 0 spiro atoms. The van der Waals surface area contributed by atoms with Crippen molar-refractivity contribution in [3.05, 3.63) is 35.1 Å². The van der Waals surface area contributed by atoms with Gasteiger partial charge in [-0.3, -0.25) is 0 Å². The van der Waals surface area contributed by atoms with Crippen molar-refractivity contribution in [1.82, 2.24) is 0 Å². The fourth-order valence-corrected chi connectivity index (χ4v) is 0.769. The smallest absolute Gasteiger partial charge is 0.136 e. The number of allylic oxidation sites excluding steroid dienone is 5. The zero-order valence-electron chi connectivity index (χ0n) is 6.77. The number of halogens is 2. The van der Waals surface area contributed by atoms with E-state index in [1.54, 1.807) is 6.08 Å². The molecular formula is C9H12BrF. The van der Waals surface area contributed by atoms with Crippen LogP contribution >= 0.6 is 15.9 Å². The second-order valence-electron chi connectivity index (χ2n) is 2.50. The molecular weight excluding hydrogens is 207 g/mol. The predicted molar refractivity (Wildman–Crippen MR) is 51.2 cm³/mol. The lowest BCUT2D eigenvalue weighted by atomic mass is 10.2. The van der Waals surface area contributed by atoms with E-state index in [4.69, 9.17) is 0 Å². The first-order valence-electron chi connectivity index (χ1n) is 3.43. The van der Waals surface area contributed by atoms with Gasteiger partial charge in [0.2, 0.25) is 0 Å². The van der Waals surface area contributed by atoms with E-state index in [0.29, 0.717) is 10.4 Å². The van der Waals surface area contributed by atoms with Gasteiger partial charge in [0.1, 0.15) is 5.83 Å². The number of rotatable bonds is 3. The minimum Gasteiger partial charge on any atom is -0.206 e. The van der Waals surface area contributed by atoms with Crippen LogP contribution in [0.15, 0.2) is 35.1 Å². The Hall–Kier alpha value is -0.370. The van der Waals surface area contributed by atoms with E-state index < -0.39 is 0 Å². The number of hydrogen-bond acceptors (Lipinski definition) is 0. The Kier molecular flexibility index (Phi) is 5.12. The summed E-state index contributed by atoms with van der Waals surface area (Å²) < 4.78 is 13.1. The van der Waals surface area contributed by atoms with Crippen molar-refractivity contribution >= 4 is 15.9 Å². The average molecular weight is 219 g/mol. The molecule has 2 heteroatoms. The fourth-order valence-electron chi connectivity index (χ4n) is 0.454. The summed E-state index contributed by atoms with van der Waals surface area (Å²) in [4.78, 5) is 0. The quantitative estimate of drug-likeness (QED) is 0.630. The Morgan fingerprint density at radius 1 is 1.55 bits per heavy atom. The minimum absolute atomic E-state index is 0.332. The largest absolute Gasteiger partial charge is 0.206 e. The first kappa shape index (κ1) is 10.6. The highest BCUT2D eigenvalue weighted by Crippen LogP contribution is 2.16. The zero-order valence-corrected chi connectivity index (χ0v) is 8.36. The third kappa shape index (κ3) is 4.96. The normalized spacial score (nSPS) is 13.9. The van der Waals surface area contributed by atoms with Gasteiger partial charge in [0, 0.05) is 0 Å². The SMILES string of the molecule is C=CC(F)=C(Br)C=CC(C)C. The maximum atomic E-state index is 12.6. The van der Waals surface area contributed by atoms with E-state index in [1.165, 1.54) is 6.08 Å². The highest BCUT2D eigenvalue weighted by atomic mass is 79.9. The van der Waals surface area contributed by atoms with E-state index >= 15 is 0 Å². The standard InChI is InChI=1S/C9H12BrF/c1-4-9(11)8(10)6-5-7(2)3/h4-7H,1H2,2-3H3. The molecule has 0 radical (unpaired) electrons. The molecule has 11 heavy (non-hydrogen) atoms. The highest BCUT2D eigenvalue weighted by molar-refractivity contribution is 9.11. The molecule has 0 amide bonds. The Balaban J connectivity index is 4.26. The van der Waals surface area contributed by atoms with Crippen LogP contribution in [0.5, 0.6) is 0 Å². The van der Waals surface area contributed by atoms with Gasteiger partial charge in [-0.15, -0.1) is 0 Å². The van der Waals surface area contributed by atoms with Crippen molar-refractivity contribution in [2.75, 3.05) is 0 Å². The highest BCUT2D eigenvalue weighted by Gasteiger charge is 1.93. The number of hydrogen-bond donors (Lipinski definition) is 0. The molecule has 0 unspecified atom stereocenters. The summed E-state index contributed by atoms with van der Waals surface area (Å²) in [5.74, 6) is 0.0991. The van der Waals surface area contributed by atoms with Crippen LogP contribution in [0.2, 0.25) is 0 Å². The molecule has 0 aromatic rings. The lowest BCUT2D eigenvalue weighted by molar-refractivity contribution is 0.666. The van der Waals surface area contributed by atoms with Crippen molar-refractivity contribution < 1.29 is 4.39 Å². The summed E-state index contributed by atoms with van der Waals surface area (Å²) in [5, 5.41) is 0. The van der Waals surface area contributed by atoms with Crippen LogP contribution in [0.3, 0.4) is 0 Å². The third-order valence-electron chi connectivity index (χ3n) is 1.03. The first-order valence-corrected chi connectivity index (χ1v) is 4.23. The second-order valence-corrected chi connectivity index (χ2v) is 3.36. The molecule has 0 aliphatic carbocycles. The predicted octanol–water partition coefficient (Wildman–Crippen LogP) is 3.96. The van der Waals surface area contributed by atoms with Gasteiger partial charge in [0.25, 0.3) is 0 Å². The zero-order chi connectivity index (χ0) is 8.85. The van der Waals surface area contributed by atoms with Crippen molar-refractivity contribution in [2.45, 2.75) is 13.8 Å². The molecule has 0 saturated heterocycles. The molecule has 0 atom stereocenters. The van der Waals surface area contributed by atoms with E-state index in [9.17, 15) is 4.39 Å². The van der Waals surface area contributed by atoms with Crippen molar-refractivity contribution in [1.29, 1.82) is 0 Å². The van der Waals surface area contributed by atoms with Gasteiger partial charge >= 0.3 is 0 Å². The summed E-state index contributed by atoms with van der Waals surface area (Å²) in [7, 11) is 0. The van der Waals surface area contributed by atoms with E-state index in [-0.39, 0.29) is 5.83 Å². The van der Waals surface area contributed by atoms with E-state index in [2.05, 4.69) is 22.5 Å². The van der Waals surface area contributed by atoms with Gasteiger partial charge in [0.15, 0.2) is 0 Å². The van der Waals surface area contributed by atoms with Crippen LogP contribution in [0.25, 0.3) is 0 Å². The van der Waals surface area contributed by atoms with E-state index in [0.717, 1.165) is 0 Å². The van der Waals surface area contributed by atoms with Crippen LogP contribution in [-0.4, -0.2) is 0 Å². The molecule has 0 saturated carbocycles. The Morgan fingerprint density at radius 2 is 2.09 bits per heavy atom. The van der Waals surface area contributed by atoms with Crippen molar-refractivity contribution in [3.63, 3.8) is 0 Å². The Bertz CT molecular complexity index is 190. The molecule has 0 fully saturated rings. The maximum Gasteiger partial charge on any atom is 0.136 e. The van der Waals surface area contributed by atoms with Gasteiger partial charge in [-0.2, -0.15) is 0 Å². The van der Waals surface area contributed by atoms with Gasteiger partial charge in [-0.25, -0.2) is 4.39 Å². The summed E-state index contributed by atoms with van der Waals surface area (Å²) >= 11 is 3.08. The Morgan fingerprint density at radius 3 is 2.45 bits per heavy atom. The molecule has 0 heterocycles. The molecule has 0 bridgehead atoms. The molecule has 0 nitrogen and oxygen atoms in total. The summed E-state index contributed by atoms with van der Waals surface area (Å²) in [6.07, 6.45) is 4.78.